The molecule has 1 aromatic rings. The minimum absolute atomic E-state index is 0.325. The molecule has 100 valence electrons. The number of benzene rings is 1. The van der Waals surface area contributed by atoms with Crippen molar-refractivity contribution in [2.45, 2.75) is 18.9 Å². The highest BCUT2D eigenvalue weighted by Gasteiger charge is 2.32. The van der Waals surface area contributed by atoms with Crippen molar-refractivity contribution < 1.29 is 18.7 Å². The first-order valence-electron chi connectivity index (χ1n) is 5.61. The number of ether oxygens (including phenoxy) is 2. The number of hydrogen-bond donors (Lipinski definition) is 1. The normalized spacial score (nSPS) is 13.8. The molecule has 4 nitrogen and oxygen atoms in total. The summed E-state index contributed by atoms with van der Waals surface area (Å²) in [4.78, 5) is 11.7. The van der Waals surface area contributed by atoms with Crippen molar-refractivity contribution in [3.05, 3.63) is 29.8 Å². The van der Waals surface area contributed by atoms with E-state index in [0.717, 1.165) is 5.56 Å². The van der Waals surface area contributed by atoms with Crippen molar-refractivity contribution in [1.82, 2.24) is 5.32 Å². The highest BCUT2D eigenvalue weighted by Crippen LogP contribution is 2.18. The number of hydrogen-bond acceptors (Lipinski definition) is 4. The lowest BCUT2D eigenvalue weighted by atomic mass is 9.93. The third-order valence-electron chi connectivity index (χ3n) is 2.89. The average Bonchev–Trinajstić information content (AvgIpc) is 2.40. The quantitative estimate of drug-likeness (QED) is 0.786. The third kappa shape index (κ3) is 3.43. The Labute approximate surface area is 106 Å². The van der Waals surface area contributed by atoms with Crippen LogP contribution in [0.15, 0.2) is 24.3 Å². The fourth-order valence-electron chi connectivity index (χ4n) is 1.66. The van der Waals surface area contributed by atoms with E-state index < -0.39 is 12.4 Å². The Hall–Kier alpha value is -1.62. The van der Waals surface area contributed by atoms with E-state index in [1.54, 1.807) is 38.2 Å². The summed E-state index contributed by atoms with van der Waals surface area (Å²) >= 11 is 0. The number of rotatable bonds is 6. The summed E-state index contributed by atoms with van der Waals surface area (Å²) < 4.78 is 21.4. The van der Waals surface area contributed by atoms with Crippen molar-refractivity contribution in [3.8, 4) is 5.75 Å². The number of carbonyl (C=O) groups excluding carboxylic acids is 1. The molecule has 0 aliphatic heterocycles. The van der Waals surface area contributed by atoms with Crippen molar-refractivity contribution in [2.24, 2.45) is 0 Å². The van der Waals surface area contributed by atoms with Gasteiger partial charge in [-0.25, -0.2) is 4.39 Å². The lowest BCUT2D eigenvalue weighted by Crippen LogP contribution is -2.50. The molecule has 0 unspecified atom stereocenters. The molecule has 0 aliphatic carbocycles. The monoisotopic (exact) mass is 255 g/mol. The highest BCUT2D eigenvalue weighted by atomic mass is 19.1. The predicted molar refractivity (Wildman–Crippen MR) is 66.2 cm³/mol. The number of carbonyl (C=O) groups is 1. The van der Waals surface area contributed by atoms with Gasteiger partial charge in [0.05, 0.1) is 7.11 Å². The van der Waals surface area contributed by atoms with E-state index in [2.05, 4.69) is 5.32 Å². The third-order valence-corrected chi connectivity index (χ3v) is 2.89. The fourth-order valence-corrected chi connectivity index (χ4v) is 1.66. The van der Waals surface area contributed by atoms with Gasteiger partial charge in [0.1, 0.15) is 11.3 Å². The zero-order valence-electron chi connectivity index (χ0n) is 10.8. The van der Waals surface area contributed by atoms with E-state index in [9.17, 15) is 9.18 Å². The molecule has 0 saturated heterocycles. The molecule has 0 bridgehead atoms. The molecular weight excluding hydrogens is 237 g/mol. The molecule has 0 heterocycles. The topological polar surface area (TPSA) is 47.6 Å². The Morgan fingerprint density at radius 3 is 2.44 bits per heavy atom. The smallest absolute Gasteiger partial charge is 0.326 e. The van der Waals surface area contributed by atoms with Crippen LogP contribution in [-0.4, -0.2) is 32.5 Å². The number of methoxy groups -OCH3 is 1. The van der Waals surface area contributed by atoms with Gasteiger partial charge in [-0.05, 0) is 31.7 Å². The van der Waals surface area contributed by atoms with Crippen LogP contribution >= 0.6 is 0 Å². The van der Waals surface area contributed by atoms with E-state index in [1.807, 2.05) is 0 Å². The van der Waals surface area contributed by atoms with Gasteiger partial charge in [0.15, 0.2) is 0 Å². The minimum Gasteiger partial charge on any atom is -0.468 e. The van der Waals surface area contributed by atoms with Crippen LogP contribution in [0.3, 0.4) is 0 Å². The molecule has 0 aromatic heterocycles. The predicted octanol–water partition coefficient (Wildman–Crippen LogP) is 1.69. The molecule has 0 radical (unpaired) electrons. The van der Waals surface area contributed by atoms with Crippen LogP contribution in [0, 0.1) is 0 Å². The van der Waals surface area contributed by atoms with Crippen LogP contribution in [0.5, 0.6) is 5.75 Å². The van der Waals surface area contributed by atoms with Crippen LogP contribution in [0.4, 0.5) is 4.39 Å². The zero-order valence-corrected chi connectivity index (χ0v) is 10.8. The number of alkyl halides is 1. The largest absolute Gasteiger partial charge is 0.468 e. The van der Waals surface area contributed by atoms with Gasteiger partial charge in [0, 0.05) is 6.42 Å². The molecule has 0 saturated carbocycles. The second kappa shape index (κ2) is 6.35. The van der Waals surface area contributed by atoms with Gasteiger partial charge in [0.25, 0.3) is 0 Å². The second-order valence-electron chi connectivity index (χ2n) is 4.15. The van der Waals surface area contributed by atoms with E-state index in [1.165, 1.54) is 7.11 Å². The SMILES string of the molecule is CN[C@](C)(Cc1ccc(OCF)cc1)C(=O)OC. The molecule has 18 heavy (non-hydrogen) atoms. The number of nitrogens with one attached hydrogen (secondary N) is 1. The maximum Gasteiger partial charge on any atom is 0.326 e. The first-order chi connectivity index (χ1) is 8.55. The van der Waals surface area contributed by atoms with Gasteiger partial charge in [-0.1, -0.05) is 12.1 Å². The standard InChI is InChI=1S/C13H18FNO3/c1-13(15-2,12(16)17-3)8-10-4-6-11(7-5-10)18-9-14/h4-7,15H,8-9H2,1-3H3/t13-/m1/s1. The Balaban J connectivity index is 2.79. The summed E-state index contributed by atoms with van der Waals surface area (Å²) in [6.45, 7) is 0.917. The fraction of sp³-hybridized carbons (Fsp3) is 0.462. The first-order valence-corrected chi connectivity index (χ1v) is 5.61. The highest BCUT2D eigenvalue weighted by molar-refractivity contribution is 5.80. The van der Waals surface area contributed by atoms with Crippen LogP contribution < -0.4 is 10.1 Å². The number of esters is 1. The maximum atomic E-state index is 12.0. The van der Waals surface area contributed by atoms with Gasteiger partial charge in [-0.15, -0.1) is 0 Å². The molecule has 1 aromatic carbocycles. The molecule has 0 spiro atoms. The summed E-state index contributed by atoms with van der Waals surface area (Å²) in [7, 11) is 3.06. The second-order valence-corrected chi connectivity index (χ2v) is 4.15. The summed E-state index contributed by atoms with van der Waals surface area (Å²) in [5, 5.41) is 2.95. The maximum absolute atomic E-state index is 12.0. The van der Waals surface area contributed by atoms with Crippen LogP contribution in [0.25, 0.3) is 0 Å². The Kier molecular flexibility index (Phi) is 5.09. The summed E-state index contributed by atoms with van der Waals surface area (Å²) in [5.74, 6) is 0.138. The molecule has 0 aliphatic rings. The molecule has 5 heteroatoms. The summed E-state index contributed by atoms with van der Waals surface area (Å²) in [5.41, 5.74) is 0.153. The number of halogens is 1. The minimum atomic E-state index is -0.851. The first kappa shape index (κ1) is 14.4. The molecule has 1 N–H and O–H groups in total. The molecule has 0 fully saturated rings. The molecule has 1 rings (SSSR count). The van der Waals surface area contributed by atoms with Gasteiger partial charge in [0.2, 0.25) is 6.86 Å². The van der Waals surface area contributed by atoms with Gasteiger partial charge in [-0.2, -0.15) is 0 Å². The lowest BCUT2D eigenvalue weighted by Gasteiger charge is -2.26. The van der Waals surface area contributed by atoms with Crippen molar-refractivity contribution >= 4 is 5.97 Å². The van der Waals surface area contributed by atoms with Gasteiger partial charge in [-0.3, -0.25) is 4.79 Å². The lowest BCUT2D eigenvalue weighted by molar-refractivity contribution is -0.147. The van der Waals surface area contributed by atoms with Crippen LogP contribution in [0.1, 0.15) is 12.5 Å². The van der Waals surface area contributed by atoms with E-state index in [0.29, 0.717) is 12.2 Å². The average molecular weight is 255 g/mol. The Morgan fingerprint density at radius 2 is 2.00 bits per heavy atom. The summed E-state index contributed by atoms with van der Waals surface area (Å²) in [6.07, 6.45) is 0.478. The van der Waals surface area contributed by atoms with E-state index in [-0.39, 0.29) is 5.97 Å². The van der Waals surface area contributed by atoms with Crippen LogP contribution in [-0.2, 0) is 16.0 Å². The Bertz CT molecular complexity index is 394. The van der Waals surface area contributed by atoms with E-state index in [4.69, 9.17) is 9.47 Å². The van der Waals surface area contributed by atoms with Crippen molar-refractivity contribution in [2.75, 3.05) is 21.0 Å². The summed E-state index contributed by atoms with van der Waals surface area (Å²) in [6, 6.07) is 6.93. The van der Waals surface area contributed by atoms with Gasteiger partial charge >= 0.3 is 5.97 Å². The van der Waals surface area contributed by atoms with E-state index >= 15 is 0 Å². The molecule has 0 amide bonds. The van der Waals surface area contributed by atoms with Crippen molar-refractivity contribution in [3.63, 3.8) is 0 Å². The zero-order chi connectivity index (χ0) is 13.6. The van der Waals surface area contributed by atoms with Crippen LogP contribution in [0.2, 0.25) is 0 Å². The number of likely N-dealkylation sites (N-methyl/N-ethyl adjacent to an activating group) is 1. The Morgan fingerprint density at radius 1 is 1.39 bits per heavy atom. The van der Waals surface area contributed by atoms with Crippen molar-refractivity contribution in [1.29, 1.82) is 0 Å². The van der Waals surface area contributed by atoms with Gasteiger partial charge < -0.3 is 14.8 Å². The molecular formula is C13H18FNO3. The molecule has 1 atom stereocenters.